The number of fused-ring (bicyclic) bond motifs is 8. The first-order valence-electron chi connectivity index (χ1n) is 16.4. The van der Waals surface area contributed by atoms with E-state index >= 15 is 0 Å². The Bertz CT molecular complexity index is 2620. The molecule has 3 nitrogen and oxygen atoms in total. The van der Waals surface area contributed by atoms with Crippen LogP contribution in [0.3, 0.4) is 0 Å². The van der Waals surface area contributed by atoms with Crippen LogP contribution in [0, 0.1) is 0 Å². The van der Waals surface area contributed by atoms with Crippen LogP contribution in [0.15, 0.2) is 176 Å². The van der Waals surface area contributed by atoms with Crippen LogP contribution in [0.4, 0.5) is 0 Å². The Labute approximate surface area is 278 Å². The summed E-state index contributed by atoms with van der Waals surface area (Å²) in [5.41, 5.74) is 13.1. The summed E-state index contributed by atoms with van der Waals surface area (Å²) in [5.74, 6) is 0.828. The van der Waals surface area contributed by atoms with E-state index in [4.69, 9.17) is 9.97 Å². The minimum absolute atomic E-state index is 0.468. The average Bonchev–Trinajstić information content (AvgIpc) is 3.66. The molecule has 0 spiro atoms. The van der Waals surface area contributed by atoms with Crippen LogP contribution in [-0.2, 0) is 5.41 Å². The summed E-state index contributed by atoms with van der Waals surface area (Å²) in [5, 5.41) is 2.43. The van der Waals surface area contributed by atoms with E-state index in [9.17, 15) is 0 Å². The van der Waals surface area contributed by atoms with E-state index in [0.717, 1.165) is 39.1 Å². The first kappa shape index (κ1) is 26.9. The van der Waals surface area contributed by atoms with Crippen molar-refractivity contribution in [3.8, 4) is 28.2 Å². The maximum atomic E-state index is 5.36. The second-order valence-corrected chi connectivity index (χ2v) is 12.5. The molecule has 0 aliphatic heterocycles. The zero-order valence-corrected chi connectivity index (χ0v) is 26.1. The smallest absolute Gasteiger partial charge is 0.165 e. The van der Waals surface area contributed by atoms with Crippen molar-refractivity contribution < 1.29 is 0 Å². The largest absolute Gasteiger partial charge is 0.292 e. The summed E-state index contributed by atoms with van der Waals surface area (Å²) >= 11 is 0. The number of aromatic nitrogens is 3. The predicted octanol–water partition coefficient (Wildman–Crippen LogP) is 10.8. The Morgan fingerprint density at radius 3 is 1.75 bits per heavy atom. The zero-order chi connectivity index (χ0) is 31.7. The van der Waals surface area contributed by atoms with E-state index in [2.05, 4.69) is 156 Å². The van der Waals surface area contributed by atoms with Crippen LogP contribution in [0.5, 0.6) is 0 Å². The van der Waals surface area contributed by atoms with E-state index in [-0.39, 0.29) is 0 Å². The van der Waals surface area contributed by atoms with Gasteiger partial charge in [-0.25, -0.2) is 9.97 Å². The molecule has 0 radical (unpaired) electrons. The third-order valence-electron chi connectivity index (χ3n) is 10.1. The number of hydrogen-bond acceptors (Lipinski definition) is 2. The normalized spacial score (nSPS) is 13.2. The Hall–Kier alpha value is -6.32. The van der Waals surface area contributed by atoms with Crippen molar-refractivity contribution >= 4 is 32.8 Å². The van der Waals surface area contributed by atoms with Crippen LogP contribution in [0.1, 0.15) is 22.3 Å². The SMILES string of the molecule is c1ccc(-c2nc3ccccc3nc2-n2c3ccccc3c3c4c(ccc32)C(c2ccccc2)(c2ccccc2)c2ccccc2-4)cc1. The Balaban J connectivity index is 1.38. The summed E-state index contributed by atoms with van der Waals surface area (Å²) in [6, 6.07) is 63.0. The molecule has 0 unspecified atom stereocenters. The van der Waals surface area contributed by atoms with Gasteiger partial charge in [0.15, 0.2) is 5.82 Å². The van der Waals surface area contributed by atoms with E-state index in [1.54, 1.807) is 0 Å². The summed E-state index contributed by atoms with van der Waals surface area (Å²) < 4.78 is 2.33. The minimum Gasteiger partial charge on any atom is -0.292 e. The van der Waals surface area contributed by atoms with E-state index in [0.29, 0.717) is 0 Å². The maximum absolute atomic E-state index is 5.36. The molecule has 0 fully saturated rings. The molecule has 0 bridgehead atoms. The van der Waals surface area contributed by atoms with E-state index < -0.39 is 5.41 Å². The van der Waals surface area contributed by atoms with E-state index in [1.165, 1.54) is 44.2 Å². The van der Waals surface area contributed by atoms with Gasteiger partial charge in [-0.3, -0.25) is 4.57 Å². The van der Waals surface area contributed by atoms with Crippen LogP contribution < -0.4 is 0 Å². The van der Waals surface area contributed by atoms with Crippen molar-refractivity contribution in [1.82, 2.24) is 14.5 Å². The highest BCUT2D eigenvalue weighted by Gasteiger charge is 2.47. The molecule has 0 saturated heterocycles. The second kappa shape index (κ2) is 10.3. The molecule has 1 aliphatic rings. The van der Waals surface area contributed by atoms with Gasteiger partial charge in [-0.05, 0) is 57.6 Å². The van der Waals surface area contributed by atoms with Crippen molar-refractivity contribution in [3.05, 3.63) is 198 Å². The summed E-state index contributed by atoms with van der Waals surface area (Å²) in [6.45, 7) is 0. The molecule has 2 aromatic heterocycles. The molecule has 0 amide bonds. The van der Waals surface area contributed by atoms with E-state index in [1.807, 2.05) is 24.3 Å². The van der Waals surface area contributed by atoms with Crippen molar-refractivity contribution in [2.75, 3.05) is 0 Å². The number of rotatable bonds is 4. The Morgan fingerprint density at radius 2 is 1.02 bits per heavy atom. The van der Waals surface area contributed by atoms with Crippen molar-refractivity contribution in [2.24, 2.45) is 0 Å². The number of nitrogens with zero attached hydrogens (tertiary/aromatic N) is 3. The molecule has 10 rings (SSSR count). The monoisotopic (exact) mass is 611 g/mol. The first-order valence-corrected chi connectivity index (χ1v) is 16.4. The van der Waals surface area contributed by atoms with Gasteiger partial charge in [-0.2, -0.15) is 0 Å². The Kier molecular flexibility index (Phi) is 5.79. The lowest BCUT2D eigenvalue weighted by Gasteiger charge is -2.33. The highest BCUT2D eigenvalue weighted by molar-refractivity contribution is 6.18. The van der Waals surface area contributed by atoms with Gasteiger partial charge in [-0.1, -0.05) is 152 Å². The lowest BCUT2D eigenvalue weighted by molar-refractivity contribution is 0.769. The maximum Gasteiger partial charge on any atom is 0.165 e. The molecule has 9 aromatic rings. The zero-order valence-electron chi connectivity index (χ0n) is 26.1. The third-order valence-corrected chi connectivity index (χ3v) is 10.1. The number of hydrogen-bond donors (Lipinski definition) is 0. The van der Waals surface area contributed by atoms with Gasteiger partial charge in [0.05, 0.1) is 27.5 Å². The molecule has 0 saturated carbocycles. The fourth-order valence-corrected chi connectivity index (χ4v) is 8.16. The molecule has 2 heterocycles. The van der Waals surface area contributed by atoms with Crippen molar-refractivity contribution in [1.29, 1.82) is 0 Å². The van der Waals surface area contributed by atoms with Gasteiger partial charge in [-0.15, -0.1) is 0 Å². The molecule has 3 heteroatoms. The van der Waals surface area contributed by atoms with Crippen LogP contribution >= 0.6 is 0 Å². The predicted molar refractivity (Wildman–Crippen MR) is 197 cm³/mol. The van der Waals surface area contributed by atoms with Crippen LogP contribution in [-0.4, -0.2) is 14.5 Å². The molecule has 1 aliphatic carbocycles. The molecule has 0 N–H and O–H groups in total. The summed E-state index contributed by atoms with van der Waals surface area (Å²) in [6.07, 6.45) is 0. The topological polar surface area (TPSA) is 30.7 Å². The summed E-state index contributed by atoms with van der Waals surface area (Å²) in [4.78, 5) is 10.6. The van der Waals surface area contributed by atoms with Gasteiger partial charge in [0.25, 0.3) is 0 Å². The molecule has 0 atom stereocenters. The fourth-order valence-electron chi connectivity index (χ4n) is 8.16. The Morgan fingerprint density at radius 1 is 0.438 bits per heavy atom. The van der Waals surface area contributed by atoms with Crippen LogP contribution in [0.2, 0.25) is 0 Å². The van der Waals surface area contributed by atoms with Gasteiger partial charge < -0.3 is 0 Å². The van der Waals surface area contributed by atoms with Crippen LogP contribution in [0.25, 0.3) is 61.0 Å². The van der Waals surface area contributed by atoms with Gasteiger partial charge in [0, 0.05) is 16.3 Å². The lowest BCUT2D eigenvalue weighted by Crippen LogP contribution is -2.28. The fraction of sp³-hybridized carbons (Fsp3) is 0.0222. The number of benzene rings is 7. The molecule has 224 valence electrons. The molecule has 48 heavy (non-hydrogen) atoms. The molecular weight excluding hydrogens is 583 g/mol. The first-order chi connectivity index (χ1) is 23.8. The third kappa shape index (κ3) is 3.64. The van der Waals surface area contributed by atoms with Gasteiger partial charge in [0.1, 0.15) is 5.69 Å². The standard InChI is InChI=1S/C45H29N3/c1-4-16-30(17-5-1)43-44(47-38-26-14-13-25-37(38)46-43)48-39-27-15-11-23-34(39)42-40(48)29-28-36-41(42)33-22-10-12-24-35(33)45(36,31-18-6-2-7-19-31)32-20-8-3-9-21-32/h1-29H. The van der Waals surface area contributed by atoms with Gasteiger partial charge >= 0.3 is 0 Å². The quantitative estimate of drug-likeness (QED) is 0.198. The van der Waals surface area contributed by atoms with Crippen molar-refractivity contribution in [2.45, 2.75) is 5.41 Å². The van der Waals surface area contributed by atoms with Crippen molar-refractivity contribution in [3.63, 3.8) is 0 Å². The van der Waals surface area contributed by atoms with Gasteiger partial charge in [0.2, 0.25) is 0 Å². The minimum atomic E-state index is -0.468. The summed E-state index contributed by atoms with van der Waals surface area (Å²) in [7, 11) is 0. The molecule has 7 aromatic carbocycles. The second-order valence-electron chi connectivity index (χ2n) is 12.5. The highest BCUT2D eigenvalue weighted by Crippen LogP contribution is 2.58. The lowest BCUT2D eigenvalue weighted by atomic mass is 9.67. The number of para-hydroxylation sites is 3. The highest BCUT2D eigenvalue weighted by atomic mass is 15.1. The average molecular weight is 612 g/mol. The molecular formula is C45H29N3.